The Morgan fingerprint density at radius 3 is 2.93 bits per heavy atom. The number of nitrogens with two attached hydrogens (primary N) is 1. The molecule has 0 aromatic heterocycles. The van der Waals surface area contributed by atoms with Crippen molar-refractivity contribution in [3.05, 3.63) is 53.4 Å². The van der Waals surface area contributed by atoms with Crippen LogP contribution >= 0.6 is 0 Å². The third-order valence-electron chi connectivity index (χ3n) is 1.63. The maximum absolute atomic E-state index is 9.31. The Labute approximate surface area is 83.4 Å². The average molecular weight is 185 g/mol. The molecule has 0 fully saturated rings. The summed E-state index contributed by atoms with van der Waals surface area (Å²) in [6.45, 7) is 0. The van der Waals surface area contributed by atoms with E-state index in [2.05, 4.69) is 5.92 Å². The Hall–Kier alpha value is -2.14. The molecular weight excluding hydrogens is 174 g/mol. The minimum atomic E-state index is 0.0988. The SMILES string of the molecule is C#Cc1cccc(/C=C(O)\C=C\N)c1. The van der Waals surface area contributed by atoms with Crippen LogP contribution < -0.4 is 5.73 Å². The molecule has 2 nitrogen and oxygen atoms in total. The number of aliphatic hydroxyl groups is 1. The fourth-order valence-corrected chi connectivity index (χ4v) is 1.04. The average Bonchev–Trinajstić information content (AvgIpc) is 2.18. The first-order valence-electron chi connectivity index (χ1n) is 4.12. The van der Waals surface area contributed by atoms with Crippen molar-refractivity contribution in [3.8, 4) is 12.3 Å². The maximum Gasteiger partial charge on any atom is 0.117 e. The zero-order valence-corrected chi connectivity index (χ0v) is 7.64. The lowest BCUT2D eigenvalue weighted by molar-refractivity contribution is 0.437. The molecule has 0 spiro atoms. The lowest BCUT2D eigenvalue weighted by Crippen LogP contribution is -1.82. The molecular formula is C12H11NO. The van der Waals surface area contributed by atoms with Crippen molar-refractivity contribution in [2.75, 3.05) is 0 Å². The Kier molecular flexibility index (Phi) is 3.40. The molecule has 0 amide bonds. The first-order valence-corrected chi connectivity index (χ1v) is 4.12. The van der Waals surface area contributed by atoms with E-state index in [1.165, 1.54) is 12.3 Å². The highest BCUT2D eigenvalue weighted by Crippen LogP contribution is 2.08. The van der Waals surface area contributed by atoms with E-state index in [-0.39, 0.29) is 5.76 Å². The summed E-state index contributed by atoms with van der Waals surface area (Å²) < 4.78 is 0. The molecule has 0 atom stereocenters. The molecule has 0 bridgehead atoms. The van der Waals surface area contributed by atoms with Gasteiger partial charge in [-0.05, 0) is 36.0 Å². The smallest absolute Gasteiger partial charge is 0.117 e. The van der Waals surface area contributed by atoms with Crippen molar-refractivity contribution in [2.24, 2.45) is 5.73 Å². The van der Waals surface area contributed by atoms with Crippen molar-refractivity contribution < 1.29 is 5.11 Å². The molecule has 0 radical (unpaired) electrons. The highest BCUT2D eigenvalue weighted by atomic mass is 16.3. The molecule has 1 rings (SSSR count). The predicted molar refractivity (Wildman–Crippen MR) is 58.3 cm³/mol. The van der Waals surface area contributed by atoms with Gasteiger partial charge in [-0.25, -0.2) is 0 Å². The summed E-state index contributed by atoms with van der Waals surface area (Å²) in [5.41, 5.74) is 6.75. The van der Waals surface area contributed by atoms with Crippen molar-refractivity contribution >= 4 is 6.08 Å². The third kappa shape index (κ3) is 2.72. The number of allylic oxidation sites excluding steroid dienone is 1. The van der Waals surface area contributed by atoms with Crippen LogP contribution in [0.25, 0.3) is 6.08 Å². The summed E-state index contributed by atoms with van der Waals surface area (Å²) in [5.74, 6) is 2.62. The molecule has 0 aliphatic heterocycles. The second-order valence-corrected chi connectivity index (χ2v) is 2.70. The fraction of sp³-hybridized carbons (Fsp3) is 0. The largest absolute Gasteiger partial charge is 0.508 e. The summed E-state index contributed by atoms with van der Waals surface area (Å²) in [4.78, 5) is 0. The molecule has 1 aromatic carbocycles. The lowest BCUT2D eigenvalue weighted by atomic mass is 10.1. The van der Waals surface area contributed by atoms with E-state index in [1.807, 2.05) is 18.2 Å². The lowest BCUT2D eigenvalue weighted by Gasteiger charge is -1.95. The highest BCUT2D eigenvalue weighted by molar-refractivity contribution is 5.55. The first-order chi connectivity index (χ1) is 6.76. The van der Waals surface area contributed by atoms with Gasteiger partial charge in [0.25, 0.3) is 0 Å². The standard InChI is InChI=1S/C12H11NO/c1-2-10-4-3-5-11(8-10)9-12(14)6-7-13/h1,3-9,14H,13H2/b7-6+,12-9+. The van der Waals surface area contributed by atoms with Gasteiger partial charge in [0.2, 0.25) is 0 Å². The summed E-state index contributed by atoms with van der Waals surface area (Å²) in [7, 11) is 0. The third-order valence-corrected chi connectivity index (χ3v) is 1.63. The fourth-order valence-electron chi connectivity index (χ4n) is 1.04. The van der Waals surface area contributed by atoms with Crippen molar-refractivity contribution in [1.82, 2.24) is 0 Å². The van der Waals surface area contributed by atoms with Gasteiger partial charge in [0.05, 0.1) is 0 Å². The van der Waals surface area contributed by atoms with Crippen molar-refractivity contribution in [1.29, 1.82) is 0 Å². The molecule has 3 N–H and O–H groups in total. The molecule has 1 aromatic rings. The molecule has 2 heteroatoms. The zero-order chi connectivity index (χ0) is 10.4. The van der Waals surface area contributed by atoms with Gasteiger partial charge in [-0.2, -0.15) is 0 Å². The highest BCUT2D eigenvalue weighted by Gasteiger charge is 1.91. The van der Waals surface area contributed by atoms with Crippen LogP contribution in [-0.2, 0) is 0 Å². The molecule has 0 saturated carbocycles. The van der Waals surface area contributed by atoms with Gasteiger partial charge >= 0.3 is 0 Å². The van der Waals surface area contributed by atoms with Gasteiger partial charge in [-0.3, -0.25) is 0 Å². The Morgan fingerprint density at radius 1 is 1.50 bits per heavy atom. The molecule has 0 heterocycles. The summed E-state index contributed by atoms with van der Waals surface area (Å²) in [6.07, 6.45) is 9.51. The molecule has 70 valence electrons. The monoisotopic (exact) mass is 185 g/mol. The van der Waals surface area contributed by atoms with Gasteiger partial charge in [0.15, 0.2) is 0 Å². The summed E-state index contributed by atoms with van der Waals surface area (Å²) >= 11 is 0. The van der Waals surface area contributed by atoms with Crippen LogP contribution in [-0.4, -0.2) is 5.11 Å². The number of terminal acetylenes is 1. The topological polar surface area (TPSA) is 46.2 Å². The number of hydrogen-bond donors (Lipinski definition) is 2. The van der Waals surface area contributed by atoms with Gasteiger partial charge in [0.1, 0.15) is 5.76 Å². The molecule has 0 unspecified atom stereocenters. The van der Waals surface area contributed by atoms with Gasteiger partial charge in [-0.15, -0.1) is 6.42 Å². The Balaban J connectivity index is 2.98. The van der Waals surface area contributed by atoms with Crippen LogP contribution in [0.4, 0.5) is 0 Å². The molecule has 0 aliphatic carbocycles. The number of aliphatic hydroxyl groups excluding tert-OH is 1. The molecule has 0 aliphatic rings. The number of benzene rings is 1. The second kappa shape index (κ2) is 4.78. The van der Waals surface area contributed by atoms with E-state index in [9.17, 15) is 5.11 Å². The predicted octanol–water partition coefficient (Wildman–Crippen LogP) is 2.04. The van der Waals surface area contributed by atoms with Gasteiger partial charge in [0, 0.05) is 5.56 Å². The Bertz CT molecular complexity index is 411. The quantitative estimate of drug-likeness (QED) is 0.421. The van der Waals surface area contributed by atoms with E-state index in [4.69, 9.17) is 12.2 Å². The van der Waals surface area contributed by atoms with E-state index in [0.29, 0.717) is 0 Å². The van der Waals surface area contributed by atoms with E-state index < -0.39 is 0 Å². The first kappa shape index (κ1) is 9.94. The van der Waals surface area contributed by atoms with E-state index in [1.54, 1.807) is 12.1 Å². The molecule has 14 heavy (non-hydrogen) atoms. The summed E-state index contributed by atoms with van der Waals surface area (Å²) in [6, 6.07) is 7.32. The van der Waals surface area contributed by atoms with Gasteiger partial charge < -0.3 is 10.8 Å². The minimum absolute atomic E-state index is 0.0988. The van der Waals surface area contributed by atoms with Crippen molar-refractivity contribution in [3.63, 3.8) is 0 Å². The van der Waals surface area contributed by atoms with Crippen LogP contribution in [0.1, 0.15) is 11.1 Å². The van der Waals surface area contributed by atoms with E-state index in [0.717, 1.165) is 11.1 Å². The Morgan fingerprint density at radius 2 is 2.29 bits per heavy atom. The van der Waals surface area contributed by atoms with Crippen molar-refractivity contribution in [2.45, 2.75) is 0 Å². The van der Waals surface area contributed by atoms with Crippen LogP contribution in [0.3, 0.4) is 0 Å². The van der Waals surface area contributed by atoms with Crippen LogP contribution in [0, 0.1) is 12.3 Å². The van der Waals surface area contributed by atoms with Crippen LogP contribution in [0.15, 0.2) is 42.3 Å². The second-order valence-electron chi connectivity index (χ2n) is 2.70. The minimum Gasteiger partial charge on any atom is -0.508 e. The van der Waals surface area contributed by atoms with Crippen LogP contribution in [0.5, 0.6) is 0 Å². The normalized spacial score (nSPS) is 11.5. The summed E-state index contributed by atoms with van der Waals surface area (Å²) in [5, 5.41) is 9.31. The number of rotatable bonds is 2. The maximum atomic E-state index is 9.31. The van der Waals surface area contributed by atoms with E-state index >= 15 is 0 Å². The molecule has 0 saturated heterocycles. The van der Waals surface area contributed by atoms with Crippen LogP contribution in [0.2, 0.25) is 0 Å². The van der Waals surface area contributed by atoms with Gasteiger partial charge in [-0.1, -0.05) is 18.1 Å². The zero-order valence-electron chi connectivity index (χ0n) is 7.64. The number of hydrogen-bond acceptors (Lipinski definition) is 2.